The maximum Gasteiger partial charge on any atom is 0.141 e. The Kier molecular flexibility index (Phi) is 5.06. The SMILES string of the molecule is C(=C\c1cncnc1Nc1ccc2[nH]c(Cc3ccccc3)nc2c1)/c1ccsc1. The van der Waals surface area contributed by atoms with Crippen LogP contribution in [0.3, 0.4) is 0 Å². The van der Waals surface area contributed by atoms with Gasteiger partial charge in [-0.3, -0.25) is 0 Å². The molecule has 0 bridgehead atoms. The average molecular weight is 410 g/mol. The van der Waals surface area contributed by atoms with Gasteiger partial charge in [0.1, 0.15) is 18.0 Å². The number of hydrogen-bond acceptors (Lipinski definition) is 5. The van der Waals surface area contributed by atoms with Crippen molar-refractivity contribution in [2.24, 2.45) is 0 Å². The fourth-order valence-electron chi connectivity index (χ4n) is 3.27. The maximum atomic E-state index is 4.76. The molecule has 0 aliphatic carbocycles. The van der Waals surface area contributed by atoms with Crippen LogP contribution in [0.5, 0.6) is 0 Å². The van der Waals surface area contributed by atoms with Crippen molar-refractivity contribution in [2.45, 2.75) is 6.42 Å². The van der Waals surface area contributed by atoms with Crippen molar-refractivity contribution in [3.8, 4) is 0 Å². The predicted molar refractivity (Wildman–Crippen MR) is 124 cm³/mol. The first kappa shape index (κ1) is 18.3. The Morgan fingerprint density at radius 2 is 1.97 bits per heavy atom. The van der Waals surface area contributed by atoms with Crippen molar-refractivity contribution in [1.82, 2.24) is 19.9 Å². The van der Waals surface area contributed by atoms with Crippen LogP contribution in [0.25, 0.3) is 23.2 Å². The topological polar surface area (TPSA) is 66.5 Å². The second-order valence-corrected chi connectivity index (χ2v) is 7.70. The number of aromatic amines is 1. The highest BCUT2D eigenvalue weighted by molar-refractivity contribution is 7.08. The molecule has 2 N–H and O–H groups in total. The number of benzene rings is 2. The molecule has 2 aromatic carbocycles. The maximum absolute atomic E-state index is 4.76. The third-order valence-corrected chi connectivity index (χ3v) is 5.45. The molecule has 0 aliphatic rings. The molecule has 6 heteroatoms. The standard InChI is InChI=1S/C24H19N5S/c1-2-4-17(5-3-1)12-23-28-21-9-8-20(13-22(21)29-23)27-24-19(14-25-16-26-24)7-6-18-10-11-30-15-18/h1-11,13-16H,12H2,(H,28,29)(H,25,26,27)/b7-6+. The van der Waals surface area contributed by atoms with Crippen LogP contribution in [0, 0.1) is 0 Å². The van der Waals surface area contributed by atoms with Gasteiger partial charge >= 0.3 is 0 Å². The van der Waals surface area contributed by atoms with Crippen LogP contribution >= 0.6 is 11.3 Å². The largest absolute Gasteiger partial charge is 0.342 e. The number of thiophene rings is 1. The number of fused-ring (bicyclic) bond motifs is 1. The van der Waals surface area contributed by atoms with Crippen molar-refractivity contribution in [2.75, 3.05) is 5.32 Å². The molecule has 0 saturated heterocycles. The molecular formula is C24H19N5S. The molecule has 0 radical (unpaired) electrons. The number of rotatable bonds is 6. The Morgan fingerprint density at radius 1 is 1.03 bits per heavy atom. The number of anilines is 2. The quantitative estimate of drug-likeness (QED) is 0.365. The molecular weight excluding hydrogens is 390 g/mol. The molecule has 3 heterocycles. The lowest BCUT2D eigenvalue weighted by molar-refractivity contribution is 1.04. The number of nitrogens with zero attached hydrogens (tertiary/aromatic N) is 3. The Hall–Kier alpha value is -3.77. The third-order valence-electron chi connectivity index (χ3n) is 4.75. The molecule has 30 heavy (non-hydrogen) atoms. The van der Waals surface area contributed by atoms with Gasteiger partial charge in [-0.1, -0.05) is 36.4 Å². The van der Waals surface area contributed by atoms with E-state index in [0.29, 0.717) is 0 Å². The molecule has 0 unspecified atom stereocenters. The van der Waals surface area contributed by atoms with Crippen LogP contribution in [-0.4, -0.2) is 19.9 Å². The highest BCUT2D eigenvalue weighted by Gasteiger charge is 2.07. The molecule has 0 spiro atoms. The molecule has 3 aromatic heterocycles. The number of imidazole rings is 1. The van der Waals surface area contributed by atoms with Crippen molar-refractivity contribution in [3.63, 3.8) is 0 Å². The van der Waals surface area contributed by atoms with Crippen LogP contribution in [0.4, 0.5) is 11.5 Å². The fourth-order valence-corrected chi connectivity index (χ4v) is 3.90. The lowest BCUT2D eigenvalue weighted by Gasteiger charge is -2.08. The average Bonchev–Trinajstić information content (AvgIpc) is 3.43. The molecule has 0 saturated carbocycles. The lowest BCUT2D eigenvalue weighted by Crippen LogP contribution is -1.97. The minimum Gasteiger partial charge on any atom is -0.342 e. The normalized spacial score (nSPS) is 11.3. The monoisotopic (exact) mass is 409 g/mol. The van der Waals surface area contributed by atoms with Crippen LogP contribution < -0.4 is 5.32 Å². The number of H-pyrrole nitrogens is 1. The van der Waals surface area contributed by atoms with Crippen LogP contribution in [0.2, 0.25) is 0 Å². The van der Waals surface area contributed by atoms with E-state index in [1.54, 1.807) is 17.7 Å². The zero-order valence-corrected chi connectivity index (χ0v) is 16.9. The molecule has 0 atom stereocenters. The first-order valence-corrected chi connectivity index (χ1v) is 10.6. The Balaban J connectivity index is 1.38. The smallest absolute Gasteiger partial charge is 0.141 e. The molecule has 146 valence electrons. The molecule has 5 nitrogen and oxygen atoms in total. The number of hydrogen-bond donors (Lipinski definition) is 2. The van der Waals surface area contributed by atoms with Gasteiger partial charge in [-0.2, -0.15) is 11.3 Å². The second-order valence-electron chi connectivity index (χ2n) is 6.92. The van der Waals surface area contributed by atoms with E-state index in [0.717, 1.165) is 40.3 Å². The Bertz CT molecular complexity index is 1290. The predicted octanol–water partition coefficient (Wildman–Crippen LogP) is 5.92. The van der Waals surface area contributed by atoms with E-state index < -0.39 is 0 Å². The summed E-state index contributed by atoms with van der Waals surface area (Å²) < 4.78 is 0. The van der Waals surface area contributed by atoms with E-state index in [2.05, 4.69) is 55.3 Å². The van der Waals surface area contributed by atoms with Gasteiger partial charge in [0.2, 0.25) is 0 Å². The van der Waals surface area contributed by atoms with E-state index in [1.165, 1.54) is 11.1 Å². The van der Waals surface area contributed by atoms with Gasteiger partial charge < -0.3 is 10.3 Å². The van der Waals surface area contributed by atoms with E-state index in [-0.39, 0.29) is 0 Å². The van der Waals surface area contributed by atoms with Gasteiger partial charge in [0.15, 0.2) is 0 Å². The Labute approximate surface area is 178 Å². The van der Waals surface area contributed by atoms with E-state index >= 15 is 0 Å². The van der Waals surface area contributed by atoms with E-state index in [1.807, 2.05) is 48.7 Å². The van der Waals surface area contributed by atoms with Crippen molar-refractivity contribution in [1.29, 1.82) is 0 Å². The molecule has 5 aromatic rings. The summed E-state index contributed by atoms with van der Waals surface area (Å²) in [5.41, 5.74) is 6.21. The summed E-state index contributed by atoms with van der Waals surface area (Å²) in [6.45, 7) is 0. The summed E-state index contributed by atoms with van der Waals surface area (Å²) in [6.07, 6.45) is 8.23. The first-order chi connectivity index (χ1) is 14.8. The lowest BCUT2D eigenvalue weighted by atomic mass is 10.1. The van der Waals surface area contributed by atoms with Crippen LogP contribution in [0.1, 0.15) is 22.5 Å². The summed E-state index contributed by atoms with van der Waals surface area (Å²) in [5, 5.41) is 7.56. The zero-order valence-electron chi connectivity index (χ0n) is 16.1. The molecule has 0 amide bonds. The summed E-state index contributed by atoms with van der Waals surface area (Å²) in [7, 11) is 0. The van der Waals surface area contributed by atoms with Gasteiger partial charge in [-0.15, -0.1) is 0 Å². The van der Waals surface area contributed by atoms with Crippen molar-refractivity contribution in [3.05, 3.63) is 100 Å². The third kappa shape index (κ3) is 4.14. The minimum absolute atomic E-state index is 0.760. The number of nitrogens with one attached hydrogen (secondary N) is 2. The zero-order chi connectivity index (χ0) is 20.2. The van der Waals surface area contributed by atoms with Crippen molar-refractivity contribution >= 4 is 46.0 Å². The van der Waals surface area contributed by atoms with Crippen LogP contribution in [0.15, 0.2) is 77.9 Å². The van der Waals surface area contributed by atoms with Crippen LogP contribution in [-0.2, 0) is 6.42 Å². The summed E-state index contributed by atoms with van der Waals surface area (Å²) in [4.78, 5) is 16.7. The van der Waals surface area contributed by atoms with Gasteiger partial charge in [-0.25, -0.2) is 15.0 Å². The molecule has 0 fully saturated rings. The summed E-state index contributed by atoms with van der Waals surface area (Å²) in [6, 6.07) is 18.5. The fraction of sp³-hybridized carbons (Fsp3) is 0.0417. The van der Waals surface area contributed by atoms with Gasteiger partial charge in [0.05, 0.1) is 11.0 Å². The summed E-state index contributed by atoms with van der Waals surface area (Å²) >= 11 is 1.68. The van der Waals surface area contributed by atoms with E-state index in [9.17, 15) is 0 Å². The van der Waals surface area contributed by atoms with Gasteiger partial charge in [0.25, 0.3) is 0 Å². The highest BCUT2D eigenvalue weighted by atomic mass is 32.1. The summed E-state index contributed by atoms with van der Waals surface area (Å²) in [5.74, 6) is 1.71. The minimum atomic E-state index is 0.760. The van der Waals surface area contributed by atoms with Gasteiger partial charge in [0, 0.05) is 23.9 Å². The second kappa shape index (κ2) is 8.31. The Morgan fingerprint density at radius 3 is 2.83 bits per heavy atom. The van der Waals surface area contributed by atoms with Crippen molar-refractivity contribution < 1.29 is 0 Å². The molecule has 0 aliphatic heterocycles. The van der Waals surface area contributed by atoms with E-state index in [4.69, 9.17) is 4.98 Å². The highest BCUT2D eigenvalue weighted by Crippen LogP contribution is 2.24. The number of aromatic nitrogens is 4. The molecule has 5 rings (SSSR count). The van der Waals surface area contributed by atoms with Gasteiger partial charge in [-0.05, 0) is 52.2 Å². The first-order valence-electron chi connectivity index (χ1n) is 9.63.